The van der Waals surface area contributed by atoms with Crippen LogP contribution in [0.15, 0.2) is 66.7 Å². The Bertz CT molecular complexity index is 829. The first kappa shape index (κ1) is 16.3. The van der Waals surface area contributed by atoms with Gasteiger partial charge in [-0.3, -0.25) is 4.79 Å². The van der Waals surface area contributed by atoms with Crippen molar-refractivity contribution in [2.24, 2.45) is 0 Å². The largest absolute Gasteiger partial charge is 0.485 e. The van der Waals surface area contributed by atoms with E-state index in [0.717, 1.165) is 22.9 Å². The second kappa shape index (κ2) is 7.31. The molecule has 0 fully saturated rings. The van der Waals surface area contributed by atoms with Crippen LogP contribution in [0, 0.1) is 0 Å². The second-order valence-electron chi connectivity index (χ2n) is 6.12. The van der Waals surface area contributed by atoms with E-state index >= 15 is 0 Å². The quantitative estimate of drug-likeness (QED) is 0.552. The number of ether oxygens (including phenoxy) is 1. The van der Waals surface area contributed by atoms with Crippen LogP contribution in [0.25, 0.3) is 10.8 Å². The molecule has 0 heterocycles. The molecule has 0 radical (unpaired) electrons. The number of benzene rings is 3. The predicted octanol–water partition coefficient (Wildman–Crippen LogP) is 5.62. The van der Waals surface area contributed by atoms with Crippen molar-refractivity contribution in [2.45, 2.75) is 26.2 Å². The molecule has 3 aromatic carbocycles. The number of carbonyl (C=O) groups excluding carboxylic acids is 1. The molecular weight excluding hydrogens is 296 g/mol. The molecular formula is C22H22O2. The van der Waals surface area contributed by atoms with Crippen LogP contribution >= 0.6 is 0 Å². The fourth-order valence-corrected chi connectivity index (χ4v) is 2.82. The van der Waals surface area contributed by atoms with Crippen molar-refractivity contribution in [3.8, 4) is 5.75 Å². The van der Waals surface area contributed by atoms with Gasteiger partial charge in [0.2, 0.25) is 5.78 Å². The number of fused-ring (bicyclic) bond motifs is 1. The Balaban J connectivity index is 1.71. The number of hydrogen-bond donors (Lipinski definition) is 0. The SMILES string of the molecule is CCC(C)c1ccc(OCC(=O)c2cccc3ccccc23)cc1. The summed E-state index contributed by atoms with van der Waals surface area (Å²) >= 11 is 0. The van der Waals surface area contributed by atoms with Gasteiger partial charge in [-0.2, -0.15) is 0 Å². The van der Waals surface area contributed by atoms with Gasteiger partial charge in [-0.25, -0.2) is 0 Å². The molecule has 0 bridgehead atoms. The highest BCUT2D eigenvalue weighted by molar-refractivity contribution is 6.08. The van der Waals surface area contributed by atoms with Crippen molar-refractivity contribution in [1.82, 2.24) is 0 Å². The molecule has 2 heteroatoms. The fourth-order valence-electron chi connectivity index (χ4n) is 2.82. The van der Waals surface area contributed by atoms with E-state index in [2.05, 4.69) is 26.0 Å². The van der Waals surface area contributed by atoms with E-state index in [1.54, 1.807) is 0 Å². The Hall–Kier alpha value is -2.61. The lowest BCUT2D eigenvalue weighted by atomic mass is 9.99. The second-order valence-corrected chi connectivity index (χ2v) is 6.12. The van der Waals surface area contributed by atoms with Gasteiger partial charge in [-0.1, -0.05) is 68.4 Å². The Morgan fingerprint density at radius 1 is 0.958 bits per heavy atom. The minimum Gasteiger partial charge on any atom is -0.485 e. The molecule has 0 saturated carbocycles. The zero-order valence-corrected chi connectivity index (χ0v) is 14.2. The fraction of sp³-hybridized carbons (Fsp3) is 0.227. The van der Waals surface area contributed by atoms with E-state index in [9.17, 15) is 4.79 Å². The molecule has 1 unspecified atom stereocenters. The predicted molar refractivity (Wildman–Crippen MR) is 98.9 cm³/mol. The lowest BCUT2D eigenvalue weighted by Crippen LogP contribution is -2.12. The maximum atomic E-state index is 12.5. The van der Waals surface area contributed by atoms with E-state index in [1.165, 1.54) is 5.56 Å². The maximum absolute atomic E-state index is 12.5. The van der Waals surface area contributed by atoms with Crippen molar-refractivity contribution in [3.63, 3.8) is 0 Å². The van der Waals surface area contributed by atoms with Gasteiger partial charge in [-0.15, -0.1) is 0 Å². The van der Waals surface area contributed by atoms with Crippen LogP contribution in [-0.2, 0) is 0 Å². The highest BCUT2D eigenvalue weighted by atomic mass is 16.5. The zero-order valence-electron chi connectivity index (χ0n) is 14.2. The Kier molecular flexibility index (Phi) is 4.95. The first-order chi connectivity index (χ1) is 11.7. The third-order valence-corrected chi connectivity index (χ3v) is 4.52. The lowest BCUT2D eigenvalue weighted by Gasteiger charge is -2.11. The molecule has 0 aromatic heterocycles. The average molecular weight is 318 g/mol. The first-order valence-electron chi connectivity index (χ1n) is 8.42. The van der Waals surface area contributed by atoms with Crippen molar-refractivity contribution >= 4 is 16.6 Å². The average Bonchev–Trinajstić information content (AvgIpc) is 2.65. The number of hydrogen-bond acceptors (Lipinski definition) is 2. The van der Waals surface area contributed by atoms with Crippen LogP contribution in [0.5, 0.6) is 5.75 Å². The molecule has 0 spiro atoms. The van der Waals surface area contributed by atoms with Crippen LogP contribution in [0.3, 0.4) is 0 Å². The molecule has 122 valence electrons. The van der Waals surface area contributed by atoms with Crippen LogP contribution in [-0.4, -0.2) is 12.4 Å². The topological polar surface area (TPSA) is 26.3 Å². The molecule has 0 saturated heterocycles. The van der Waals surface area contributed by atoms with E-state index in [0.29, 0.717) is 11.5 Å². The summed E-state index contributed by atoms with van der Waals surface area (Å²) in [6.07, 6.45) is 1.11. The molecule has 0 aliphatic rings. The summed E-state index contributed by atoms with van der Waals surface area (Å²) in [6, 6.07) is 21.7. The Morgan fingerprint density at radius 2 is 1.67 bits per heavy atom. The van der Waals surface area contributed by atoms with Crippen molar-refractivity contribution in [1.29, 1.82) is 0 Å². The van der Waals surface area contributed by atoms with E-state index < -0.39 is 0 Å². The molecule has 3 aromatic rings. The third-order valence-electron chi connectivity index (χ3n) is 4.52. The maximum Gasteiger partial charge on any atom is 0.200 e. The highest BCUT2D eigenvalue weighted by Crippen LogP contribution is 2.22. The highest BCUT2D eigenvalue weighted by Gasteiger charge is 2.11. The summed E-state index contributed by atoms with van der Waals surface area (Å²) < 4.78 is 5.69. The Morgan fingerprint density at radius 3 is 2.42 bits per heavy atom. The lowest BCUT2D eigenvalue weighted by molar-refractivity contribution is 0.0923. The first-order valence-corrected chi connectivity index (χ1v) is 8.42. The van der Waals surface area contributed by atoms with Crippen LogP contribution in [0.2, 0.25) is 0 Å². The van der Waals surface area contributed by atoms with Crippen LogP contribution < -0.4 is 4.74 Å². The van der Waals surface area contributed by atoms with E-state index in [1.807, 2.05) is 54.6 Å². The zero-order chi connectivity index (χ0) is 16.9. The summed E-state index contributed by atoms with van der Waals surface area (Å²) in [5.74, 6) is 1.27. The monoisotopic (exact) mass is 318 g/mol. The van der Waals surface area contributed by atoms with Gasteiger partial charge in [0, 0.05) is 5.56 Å². The number of Topliss-reactive ketones (excluding diaryl/α,β-unsaturated/α-hetero) is 1. The van der Waals surface area contributed by atoms with Crippen LogP contribution in [0.1, 0.15) is 42.1 Å². The Labute approximate surface area is 143 Å². The van der Waals surface area contributed by atoms with Gasteiger partial charge in [0.1, 0.15) is 5.75 Å². The molecule has 24 heavy (non-hydrogen) atoms. The van der Waals surface area contributed by atoms with Crippen LogP contribution in [0.4, 0.5) is 0 Å². The minimum absolute atomic E-state index is 0.00203. The number of carbonyl (C=O) groups is 1. The summed E-state index contributed by atoms with van der Waals surface area (Å²) in [6.45, 7) is 4.44. The number of ketones is 1. The normalized spacial score (nSPS) is 12.1. The van der Waals surface area contributed by atoms with Gasteiger partial charge >= 0.3 is 0 Å². The summed E-state index contributed by atoms with van der Waals surface area (Å²) in [5, 5.41) is 2.04. The van der Waals surface area contributed by atoms with Gasteiger partial charge in [0.15, 0.2) is 6.61 Å². The standard InChI is InChI=1S/C22H22O2/c1-3-16(2)17-11-13-19(14-12-17)24-15-22(23)21-10-6-8-18-7-4-5-9-20(18)21/h4-14,16H,3,15H2,1-2H3. The molecule has 0 aliphatic heterocycles. The summed E-state index contributed by atoms with van der Waals surface area (Å²) in [7, 11) is 0. The van der Waals surface area contributed by atoms with E-state index in [4.69, 9.17) is 4.74 Å². The van der Waals surface area contributed by atoms with Crippen molar-refractivity contribution in [2.75, 3.05) is 6.61 Å². The minimum atomic E-state index is -0.00203. The molecule has 0 amide bonds. The van der Waals surface area contributed by atoms with E-state index in [-0.39, 0.29) is 12.4 Å². The number of rotatable bonds is 6. The third kappa shape index (κ3) is 3.48. The van der Waals surface area contributed by atoms with Gasteiger partial charge in [0.25, 0.3) is 0 Å². The summed E-state index contributed by atoms with van der Waals surface area (Å²) in [5.41, 5.74) is 2.01. The van der Waals surface area contributed by atoms with Gasteiger partial charge in [0.05, 0.1) is 0 Å². The molecule has 0 aliphatic carbocycles. The molecule has 3 rings (SSSR count). The molecule has 1 atom stereocenters. The van der Waals surface area contributed by atoms with Crippen molar-refractivity contribution in [3.05, 3.63) is 77.9 Å². The smallest absolute Gasteiger partial charge is 0.200 e. The summed E-state index contributed by atoms with van der Waals surface area (Å²) in [4.78, 5) is 12.5. The van der Waals surface area contributed by atoms with Gasteiger partial charge < -0.3 is 4.74 Å². The molecule has 0 N–H and O–H groups in total. The van der Waals surface area contributed by atoms with Gasteiger partial charge in [-0.05, 0) is 40.8 Å². The molecule has 2 nitrogen and oxygen atoms in total. The van der Waals surface area contributed by atoms with Crippen molar-refractivity contribution < 1.29 is 9.53 Å².